The molecule has 0 N–H and O–H groups in total. The van der Waals surface area contributed by atoms with E-state index in [0.717, 1.165) is 20.2 Å². The summed E-state index contributed by atoms with van der Waals surface area (Å²) in [5.41, 5.74) is 1.43. The number of likely N-dealkylation sites (N-methyl/N-ethyl adjacent to an activating group) is 2. The lowest BCUT2D eigenvalue weighted by molar-refractivity contribution is 0.0949. The molecule has 27 heavy (non-hydrogen) atoms. The molecule has 0 amide bonds. The van der Waals surface area contributed by atoms with Crippen LogP contribution in [0.2, 0.25) is 0 Å². The quantitative estimate of drug-likeness (QED) is 0.548. The Morgan fingerprint density at radius 2 is 1.11 bits per heavy atom. The highest BCUT2D eigenvalue weighted by Crippen LogP contribution is 2.35. The van der Waals surface area contributed by atoms with Crippen molar-refractivity contribution in [3.8, 4) is 0 Å². The molecule has 0 aliphatic carbocycles. The number of nitrogens with zero attached hydrogens (tertiary/aromatic N) is 2. The summed E-state index contributed by atoms with van der Waals surface area (Å²) in [6.45, 7) is 0.778. The third-order valence-electron chi connectivity index (χ3n) is 4.03. The van der Waals surface area contributed by atoms with Crippen LogP contribution in [-0.4, -0.2) is 62.6 Å². The van der Waals surface area contributed by atoms with Gasteiger partial charge in [-0.15, -0.1) is 36.2 Å². The van der Waals surface area contributed by atoms with Crippen LogP contribution < -0.4 is 0 Å². The molecular formula is C20H24Cl2N2O2S. The Bertz CT molecular complexity index is 891. The number of Topliss-reactive ketones (excluding diaryl/α,β-unsaturated/α-hetero) is 2. The summed E-state index contributed by atoms with van der Waals surface area (Å²) < 4.78 is 2.27. The molecule has 0 spiro atoms. The van der Waals surface area contributed by atoms with Crippen molar-refractivity contribution in [2.24, 2.45) is 0 Å². The number of ketones is 2. The van der Waals surface area contributed by atoms with Crippen LogP contribution in [0.25, 0.3) is 20.2 Å². The lowest BCUT2D eigenvalue weighted by Crippen LogP contribution is -2.21. The molecule has 0 fully saturated rings. The van der Waals surface area contributed by atoms with E-state index < -0.39 is 0 Å². The summed E-state index contributed by atoms with van der Waals surface area (Å²) in [7, 11) is 7.55. The van der Waals surface area contributed by atoms with E-state index in [2.05, 4.69) is 0 Å². The predicted molar refractivity (Wildman–Crippen MR) is 120 cm³/mol. The van der Waals surface area contributed by atoms with E-state index in [4.69, 9.17) is 0 Å². The van der Waals surface area contributed by atoms with Crippen molar-refractivity contribution >= 4 is 67.9 Å². The number of benzene rings is 2. The van der Waals surface area contributed by atoms with Gasteiger partial charge in [-0.25, -0.2) is 0 Å². The van der Waals surface area contributed by atoms with E-state index in [0.29, 0.717) is 24.2 Å². The molecule has 0 aliphatic heterocycles. The minimum atomic E-state index is 0. The summed E-state index contributed by atoms with van der Waals surface area (Å²) in [4.78, 5) is 28.5. The first-order chi connectivity index (χ1) is 11.8. The van der Waals surface area contributed by atoms with Crippen LogP contribution in [0.1, 0.15) is 20.7 Å². The second kappa shape index (κ2) is 9.62. The summed E-state index contributed by atoms with van der Waals surface area (Å²) in [6, 6.07) is 11.7. The van der Waals surface area contributed by atoms with E-state index in [9.17, 15) is 9.59 Å². The second-order valence-electron chi connectivity index (χ2n) is 6.85. The number of fused-ring (bicyclic) bond motifs is 3. The van der Waals surface area contributed by atoms with Crippen molar-refractivity contribution in [3.63, 3.8) is 0 Å². The molecule has 0 bridgehead atoms. The van der Waals surface area contributed by atoms with E-state index >= 15 is 0 Å². The van der Waals surface area contributed by atoms with Crippen LogP contribution in [0.3, 0.4) is 0 Å². The molecule has 0 unspecified atom stereocenters. The summed E-state index contributed by atoms with van der Waals surface area (Å²) in [5, 5.41) is 2.09. The molecule has 3 rings (SSSR count). The van der Waals surface area contributed by atoms with Gasteiger partial charge in [-0.1, -0.05) is 0 Å². The molecule has 0 aliphatic rings. The van der Waals surface area contributed by atoms with E-state index in [1.807, 2.05) is 74.4 Å². The number of thiophene rings is 1. The fourth-order valence-corrected chi connectivity index (χ4v) is 3.95. The topological polar surface area (TPSA) is 40.6 Å². The Morgan fingerprint density at radius 3 is 1.44 bits per heavy atom. The molecule has 1 aromatic heterocycles. The molecule has 0 radical (unpaired) electrons. The lowest BCUT2D eigenvalue weighted by atomic mass is 10.0. The SMILES string of the molecule is CN(C)CC(=O)c1ccc2sc3ccc(C(=O)CN(C)C)cc3c2c1.Cl.Cl. The summed E-state index contributed by atoms with van der Waals surface area (Å²) in [5.74, 6) is 0.206. The zero-order valence-corrected chi connectivity index (χ0v) is 18.3. The van der Waals surface area contributed by atoms with Crippen LogP contribution >= 0.6 is 36.2 Å². The van der Waals surface area contributed by atoms with E-state index in [-0.39, 0.29) is 36.4 Å². The van der Waals surface area contributed by atoms with Crippen molar-refractivity contribution in [2.45, 2.75) is 0 Å². The first kappa shape index (κ1) is 23.5. The van der Waals surface area contributed by atoms with Gasteiger partial charge in [-0.05, 0) is 64.6 Å². The maximum Gasteiger partial charge on any atom is 0.176 e. The first-order valence-electron chi connectivity index (χ1n) is 8.17. The second-order valence-corrected chi connectivity index (χ2v) is 7.93. The maximum atomic E-state index is 12.4. The third kappa shape index (κ3) is 5.27. The van der Waals surface area contributed by atoms with Crippen LogP contribution in [0, 0.1) is 0 Å². The Hall–Kier alpha value is -1.50. The van der Waals surface area contributed by atoms with Gasteiger partial charge in [0.25, 0.3) is 0 Å². The van der Waals surface area contributed by atoms with Crippen molar-refractivity contribution in [2.75, 3.05) is 41.3 Å². The minimum absolute atomic E-state index is 0. The van der Waals surface area contributed by atoms with Gasteiger partial charge in [0.05, 0.1) is 13.1 Å². The van der Waals surface area contributed by atoms with Gasteiger partial charge in [0.2, 0.25) is 0 Å². The largest absolute Gasteiger partial charge is 0.302 e. The fraction of sp³-hybridized carbons (Fsp3) is 0.300. The normalized spacial score (nSPS) is 10.9. The minimum Gasteiger partial charge on any atom is -0.302 e. The van der Waals surface area contributed by atoms with Crippen LogP contribution in [0.15, 0.2) is 36.4 Å². The molecule has 7 heteroatoms. The van der Waals surface area contributed by atoms with Gasteiger partial charge < -0.3 is 9.80 Å². The molecule has 0 saturated carbocycles. The number of halogens is 2. The molecule has 0 atom stereocenters. The Labute approximate surface area is 176 Å². The molecule has 1 heterocycles. The maximum absolute atomic E-state index is 12.4. The van der Waals surface area contributed by atoms with Crippen molar-refractivity contribution in [1.29, 1.82) is 0 Å². The summed E-state index contributed by atoms with van der Waals surface area (Å²) >= 11 is 1.69. The van der Waals surface area contributed by atoms with Crippen molar-refractivity contribution < 1.29 is 9.59 Å². The fourth-order valence-electron chi connectivity index (χ4n) is 2.88. The standard InChI is InChI=1S/C20H22N2O2S.2ClH/c1-21(2)11-17(23)13-5-7-19-15(9-13)16-10-14(6-8-20(16)25-19)18(24)12-22(3)4;;/h5-10H,11-12H2,1-4H3;2*1H. The average Bonchev–Trinajstić information content (AvgIpc) is 2.90. The number of hydrogen-bond donors (Lipinski definition) is 0. The summed E-state index contributed by atoms with van der Waals surface area (Å²) in [6.07, 6.45) is 0. The Kier molecular flexibility index (Phi) is 8.39. The van der Waals surface area contributed by atoms with Crippen LogP contribution in [0.4, 0.5) is 0 Å². The number of rotatable bonds is 6. The third-order valence-corrected chi connectivity index (χ3v) is 5.18. The molecular weight excluding hydrogens is 403 g/mol. The predicted octanol–water partition coefficient (Wildman–Crippen LogP) is 4.39. The zero-order valence-electron chi connectivity index (χ0n) is 15.8. The highest BCUT2D eigenvalue weighted by Gasteiger charge is 2.13. The van der Waals surface area contributed by atoms with Gasteiger partial charge >= 0.3 is 0 Å². The highest BCUT2D eigenvalue weighted by molar-refractivity contribution is 7.25. The Morgan fingerprint density at radius 1 is 0.741 bits per heavy atom. The molecule has 3 aromatic rings. The van der Waals surface area contributed by atoms with Gasteiger partial charge in [0.15, 0.2) is 11.6 Å². The molecule has 0 saturated heterocycles. The molecule has 2 aromatic carbocycles. The monoisotopic (exact) mass is 426 g/mol. The average molecular weight is 427 g/mol. The number of carbonyl (C=O) groups excluding carboxylic acids is 2. The van der Waals surface area contributed by atoms with E-state index in [1.165, 1.54) is 0 Å². The van der Waals surface area contributed by atoms with Crippen LogP contribution in [0.5, 0.6) is 0 Å². The van der Waals surface area contributed by atoms with Gasteiger partial charge in [0.1, 0.15) is 0 Å². The van der Waals surface area contributed by atoms with E-state index in [1.54, 1.807) is 11.3 Å². The number of hydrogen-bond acceptors (Lipinski definition) is 5. The zero-order chi connectivity index (χ0) is 18.1. The van der Waals surface area contributed by atoms with Gasteiger partial charge in [0, 0.05) is 31.3 Å². The van der Waals surface area contributed by atoms with Gasteiger partial charge in [-0.2, -0.15) is 0 Å². The van der Waals surface area contributed by atoms with Crippen molar-refractivity contribution in [1.82, 2.24) is 9.80 Å². The smallest absolute Gasteiger partial charge is 0.176 e. The van der Waals surface area contributed by atoms with Gasteiger partial charge in [-0.3, -0.25) is 9.59 Å². The van der Waals surface area contributed by atoms with Crippen LogP contribution in [-0.2, 0) is 0 Å². The molecule has 4 nitrogen and oxygen atoms in total. The Balaban J connectivity index is 0.00000182. The van der Waals surface area contributed by atoms with Crippen molar-refractivity contribution in [3.05, 3.63) is 47.5 Å². The first-order valence-corrected chi connectivity index (χ1v) is 8.99. The lowest BCUT2D eigenvalue weighted by Gasteiger charge is -2.09. The number of carbonyl (C=O) groups is 2. The highest BCUT2D eigenvalue weighted by atomic mass is 35.5. The molecule has 146 valence electrons.